The van der Waals surface area contributed by atoms with E-state index in [1.54, 1.807) is 7.11 Å². The fourth-order valence-electron chi connectivity index (χ4n) is 2.02. The van der Waals surface area contributed by atoms with Gasteiger partial charge in [-0.05, 0) is 31.3 Å². The zero-order valence-electron chi connectivity index (χ0n) is 12.5. The fourth-order valence-corrected chi connectivity index (χ4v) is 2.02. The summed E-state index contributed by atoms with van der Waals surface area (Å²) >= 11 is 0. The Morgan fingerprint density at radius 3 is 2.41 bits per heavy atom. The first-order valence-corrected chi connectivity index (χ1v) is 7.02. The highest BCUT2D eigenvalue weighted by molar-refractivity contribution is 4.66. The van der Waals surface area contributed by atoms with E-state index in [2.05, 4.69) is 37.9 Å². The zero-order valence-corrected chi connectivity index (χ0v) is 12.5. The van der Waals surface area contributed by atoms with Crippen molar-refractivity contribution in [3.63, 3.8) is 0 Å². The molecule has 0 radical (unpaired) electrons. The lowest BCUT2D eigenvalue weighted by Crippen LogP contribution is -2.37. The smallest absolute Gasteiger partial charge is 0.0589 e. The third-order valence-corrected chi connectivity index (χ3v) is 2.72. The first-order valence-electron chi connectivity index (χ1n) is 7.02. The Labute approximate surface area is 108 Å². The van der Waals surface area contributed by atoms with E-state index in [9.17, 15) is 0 Å². The summed E-state index contributed by atoms with van der Waals surface area (Å²) in [4.78, 5) is 2.52. The van der Waals surface area contributed by atoms with E-state index in [1.807, 2.05) is 0 Å². The molecule has 1 atom stereocenters. The molecule has 0 aromatic rings. The van der Waals surface area contributed by atoms with Gasteiger partial charge in [0, 0.05) is 26.7 Å². The second-order valence-corrected chi connectivity index (χ2v) is 5.46. The average Bonchev–Trinajstić information content (AvgIpc) is 2.25. The van der Waals surface area contributed by atoms with E-state index >= 15 is 0 Å². The standard InChI is InChI=1S/C14H32N2O/c1-6-7-15-10-14(4)12-16(8-9-17-5)11-13(2)3/h13-15H,6-12H2,1-5H3. The van der Waals surface area contributed by atoms with Crippen LogP contribution in [0.4, 0.5) is 0 Å². The quantitative estimate of drug-likeness (QED) is 0.564. The molecule has 0 aliphatic heterocycles. The van der Waals surface area contributed by atoms with Crippen LogP contribution in [0.25, 0.3) is 0 Å². The molecule has 3 heteroatoms. The van der Waals surface area contributed by atoms with E-state index in [0.717, 1.165) is 38.7 Å². The molecule has 0 aromatic heterocycles. The maximum absolute atomic E-state index is 5.18. The van der Waals surface area contributed by atoms with E-state index in [4.69, 9.17) is 4.74 Å². The monoisotopic (exact) mass is 244 g/mol. The van der Waals surface area contributed by atoms with Crippen molar-refractivity contribution in [2.45, 2.75) is 34.1 Å². The topological polar surface area (TPSA) is 24.5 Å². The van der Waals surface area contributed by atoms with Crippen LogP contribution in [-0.4, -0.2) is 51.3 Å². The van der Waals surface area contributed by atoms with Crippen LogP contribution in [0.1, 0.15) is 34.1 Å². The van der Waals surface area contributed by atoms with Crippen molar-refractivity contribution in [3.05, 3.63) is 0 Å². The Kier molecular flexibility index (Phi) is 10.9. The number of nitrogens with zero attached hydrogens (tertiary/aromatic N) is 1. The number of rotatable bonds is 11. The van der Waals surface area contributed by atoms with Crippen molar-refractivity contribution >= 4 is 0 Å². The molecule has 0 saturated heterocycles. The van der Waals surface area contributed by atoms with Crippen LogP contribution in [-0.2, 0) is 4.74 Å². The number of ether oxygens (including phenoxy) is 1. The van der Waals surface area contributed by atoms with Crippen LogP contribution < -0.4 is 5.32 Å². The third-order valence-electron chi connectivity index (χ3n) is 2.72. The zero-order chi connectivity index (χ0) is 13.1. The molecule has 0 rings (SSSR count). The molecular weight excluding hydrogens is 212 g/mol. The predicted molar refractivity (Wildman–Crippen MR) is 75.5 cm³/mol. The van der Waals surface area contributed by atoms with Gasteiger partial charge in [0.15, 0.2) is 0 Å². The van der Waals surface area contributed by atoms with Gasteiger partial charge in [0.2, 0.25) is 0 Å². The molecule has 1 N–H and O–H groups in total. The molecule has 3 nitrogen and oxygen atoms in total. The molecular formula is C14H32N2O. The Bertz CT molecular complexity index is 162. The number of methoxy groups -OCH3 is 1. The summed E-state index contributed by atoms with van der Waals surface area (Å²) in [5, 5.41) is 3.49. The van der Waals surface area contributed by atoms with Gasteiger partial charge in [-0.1, -0.05) is 27.7 Å². The van der Waals surface area contributed by atoms with Gasteiger partial charge in [-0.2, -0.15) is 0 Å². The number of hydrogen-bond acceptors (Lipinski definition) is 3. The van der Waals surface area contributed by atoms with Crippen molar-refractivity contribution in [2.24, 2.45) is 11.8 Å². The lowest BCUT2D eigenvalue weighted by molar-refractivity contribution is 0.130. The molecule has 0 fully saturated rings. The molecule has 0 saturated carbocycles. The van der Waals surface area contributed by atoms with Gasteiger partial charge in [0.05, 0.1) is 6.61 Å². The Balaban J connectivity index is 3.85. The van der Waals surface area contributed by atoms with Crippen LogP contribution in [0.2, 0.25) is 0 Å². The minimum Gasteiger partial charge on any atom is -0.383 e. The highest BCUT2D eigenvalue weighted by Gasteiger charge is 2.11. The lowest BCUT2D eigenvalue weighted by Gasteiger charge is -2.27. The van der Waals surface area contributed by atoms with E-state index in [0.29, 0.717) is 5.92 Å². The second kappa shape index (κ2) is 11.0. The van der Waals surface area contributed by atoms with E-state index < -0.39 is 0 Å². The minimum atomic E-state index is 0.706. The normalized spacial score (nSPS) is 13.6. The summed E-state index contributed by atoms with van der Waals surface area (Å²) < 4.78 is 5.18. The predicted octanol–water partition coefficient (Wildman–Crippen LogP) is 2.23. The lowest BCUT2D eigenvalue weighted by atomic mass is 10.1. The number of nitrogens with one attached hydrogen (secondary N) is 1. The van der Waals surface area contributed by atoms with Gasteiger partial charge >= 0.3 is 0 Å². The molecule has 0 aliphatic rings. The average molecular weight is 244 g/mol. The summed E-state index contributed by atoms with van der Waals surface area (Å²) in [6.45, 7) is 15.6. The van der Waals surface area contributed by atoms with Crippen LogP contribution in [0.5, 0.6) is 0 Å². The van der Waals surface area contributed by atoms with E-state index in [-0.39, 0.29) is 0 Å². The van der Waals surface area contributed by atoms with Crippen LogP contribution in [0.3, 0.4) is 0 Å². The molecule has 0 bridgehead atoms. The molecule has 0 spiro atoms. The Morgan fingerprint density at radius 1 is 1.18 bits per heavy atom. The van der Waals surface area contributed by atoms with Crippen molar-refractivity contribution in [2.75, 3.05) is 46.4 Å². The Morgan fingerprint density at radius 2 is 1.88 bits per heavy atom. The van der Waals surface area contributed by atoms with E-state index in [1.165, 1.54) is 13.0 Å². The van der Waals surface area contributed by atoms with Crippen LogP contribution in [0.15, 0.2) is 0 Å². The first kappa shape index (κ1) is 16.9. The molecule has 0 heterocycles. The molecule has 0 amide bonds. The SMILES string of the molecule is CCCNCC(C)CN(CCOC)CC(C)C. The number of hydrogen-bond donors (Lipinski definition) is 1. The second-order valence-electron chi connectivity index (χ2n) is 5.46. The molecule has 1 unspecified atom stereocenters. The fraction of sp³-hybridized carbons (Fsp3) is 1.00. The van der Waals surface area contributed by atoms with Crippen LogP contribution >= 0.6 is 0 Å². The molecule has 104 valence electrons. The maximum atomic E-state index is 5.18. The van der Waals surface area contributed by atoms with Gasteiger partial charge in [-0.3, -0.25) is 0 Å². The van der Waals surface area contributed by atoms with Gasteiger partial charge in [-0.15, -0.1) is 0 Å². The van der Waals surface area contributed by atoms with Crippen molar-refractivity contribution in [1.82, 2.24) is 10.2 Å². The van der Waals surface area contributed by atoms with Crippen molar-refractivity contribution in [3.8, 4) is 0 Å². The van der Waals surface area contributed by atoms with Crippen molar-refractivity contribution in [1.29, 1.82) is 0 Å². The summed E-state index contributed by atoms with van der Waals surface area (Å²) in [7, 11) is 1.78. The van der Waals surface area contributed by atoms with Crippen LogP contribution in [0, 0.1) is 11.8 Å². The van der Waals surface area contributed by atoms with Gasteiger partial charge in [-0.25, -0.2) is 0 Å². The van der Waals surface area contributed by atoms with Gasteiger partial charge < -0.3 is 15.0 Å². The molecule has 17 heavy (non-hydrogen) atoms. The van der Waals surface area contributed by atoms with Crippen molar-refractivity contribution < 1.29 is 4.74 Å². The maximum Gasteiger partial charge on any atom is 0.0589 e. The largest absolute Gasteiger partial charge is 0.383 e. The highest BCUT2D eigenvalue weighted by atomic mass is 16.5. The summed E-state index contributed by atoms with van der Waals surface area (Å²) in [5.41, 5.74) is 0. The summed E-state index contributed by atoms with van der Waals surface area (Å²) in [5.74, 6) is 1.43. The van der Waals surface area contributed by atoms with Gasteiger partial charge in [0.25, 0.3) is 0 Å². The Hall–Kier alpha value is -0.120. The molecule has 0 aromatic carbocycles. The summed E-state index contributed by atoms with van der Waals surface area (Å²) in [6, 6.07) is 0. The van der Waals surface area contributed by atoms with Gasteiger partial charge in [0.1, 0.15) is 0 Å². The highest BCUT2D eigenvalue weighted by Crippen LogP contribution is 2.03. The third kappa shape index (κ3) is 10.7. The summed E-state index contributed by atoms with van der Waals surface area (Å²) in [6.07, 6.45) is 1.21. The molecule has 0 aliphatic carbocycles. The minimum absolute atomic E-state index is 0.706. The first-order chi connectivity index (χ1) is 8.10.